The SMILES string of the molecule is Cc1[nH]c(=O)ccc1C(=O)N1CCCC[C@@H]1c1nnc([C@H]2CCCO2)o1. The molecule has 26 heavy (non-hydrogen) atoms. The van der Waals surface area contributed by atoms with Crippen molar-refractivity contribution in [3.63, 3.8) is 0 Å². The number of nitrogens with one attached hydrogen (secondary N) is 1. The molecule has 138 valence electrons. The van der Waals surface area contributed by atoms with Crippen LogP contribution in [0.1, 0.15) is 72.1 Å². The second kappa shape index (κ2) is 7.03. The van der Waals surface area contributed by atoms with Crippen molar-refractivity contribution in [1.29, 1.82) is 0 Å². The second-order valence-electron chi connectivity index (χ2n) is 6.85. The van der Waals surface area contributed by atoms with Crippen LogP contribution in [0.2, 0.25) is 0 Å². The van der Waals surface area contributed by atoms with E-state index in [4.69, 9.17) is 9.15 Å². The van der Waals surface area contributed by atoms with Crippen LogP contribution in [-0.4, -0.2) is 39.1 Å². The van der Waals surface area contributed by atoms with Crippen molar-refractivity contribution in [2.24, 2.45) is 0 Å². The third-order valence-electron chi connectivity index (χ3n) is 5.06. The lowest BCUT2D eigenvalue weighted by Gasteiger charge is -2.33. The summed E-state index contributed by atoms with van der Waals surface area (Å²) in [6, 6.07) is 2.71. The van der Waals surface area contributed by atoms with Gasteiger partial charge in [-0.3, -0.25) is 9.59 Å². The first-order chi connectivity index (χ1) is 12.6. The molecule has 1 amide bonds. The average molecular weight is 358 g/mol. The van der Waals surface area contributed by atoms with Gasteiger partial charge in [0, 0.05) is 24.9 Å². The van der Waals surface area contributed by atoms with Gasteiger partial charge in [-0.05, 0) is 45.1 Å². The molecule has 8 nitrogen and oxygen atoms in total. The molecule has 2 saturated heterocycles. The molecule has 8 heteroatoms. The predicted octanol–water partition coefficient (Wildman–Crippen LogP) is 2.29. The van der Waals surface area contributed by atoms with Gasteiger partial charge in [0.2, 0.25) is 17.3 Å². The Kier molecular flexibility index (Phi) is 4.58. The summed E-state index contributed by atoms with van der Waals surface area (Å²) < 4.78 is 11.5. The Morgan fingerprint density at radius 2 is 2.04 bits per heavy atom. The van der Waals surface area contributed by atoms with E-state index >= 15 is 0 Å². The summed E-state index contributed by atoms with van der Waals surface area (Å²) in [6.07, 6.45) is 4.44. The van der Waals surface area contributed by atoms with Gasteiger partial charge in [-0.25, -0.2) is 0 Å². The van der Waals surface area contributed by atoms with E-state index in [1.807, 2.05) is 0 Å². The molecule has 4 heterocycles. The Balaban J connectivity index is 1.60. The van der Waals surface area contributed by atoms with Crippen LogP contribution in [0.5, 0.6) is 0 Å². The van der Waals surface area contributed by atoms with Crippen molar-refractivity contribution in [3.8, 4) is 0 Å². The lowest BCUT2D eigenvalue weighted by molar-refractivity contribution is 0.0548. The number of nitrogens with zero attached hydrogens (tertiary/aromatic N) is 3. The number of amides is 1. The summed E-state index contributed by atoms with van der Waals surface area (Å²) in [6.45, 7) is 3.07. The Morgan fingerprint density at radius 1 is 1.19 bits per heavy atom. The van der Waals surface area contributed by atoms with E-state index in [1.54, 1.807) is 17.9 Å². The maximum atomic E-state index is 13.1. The quantitative estimate of drug-likeness (QED) is 0.903. The molecule has 2 aliphatic rings. The van der Waals surface area contributed by atoms with E-state index in [9.17, 15) is 9.59 Å². The van der Waals surface area contributed by atoms with Crippen molar-refractivity contribution in [3.05, 3.63) is 45.5 Å². The molecule has 0 radical (unpaired) electrons. The minimum absolute atomic E-state index is 0.125. The van der Waals surface area contributed by atoms with Gasteiger partial charge in [0.1, 0.15) is 12.1 Å². The largest absolute Gasteiger partial charge is 0.420 e. The molecule has 2 fully saturated rings. The van der Waals surface area contributed by atoms with Crippen LogP contribution in [0.3, 0.4) is 0 Å². The first-order valence-corrected chi connectivity index (χ1v) is 9.09. The molecule has 2 aliphatic heterocycles. The number of likely N-dealkylation sites (tertiary alicyclic amines) is 1. The number of ether oxygens (including phenoxy) is 1. The monoisotopic (exact) mass is 358 g/mol. The van der Waals surface area contributed by atoms with E-state index in [-0.39, 0.29) is 23.6 Å². The van der Waals surface area contributed by atoms with Crippen LogP contribution < -0.4 is 5.56 Å². The van der Waals surface area contributed by atoms with E-state index in [1.165, 1.54) is 6.07 Å². The topological polar surface area (TPSA) is 101 Å². The van der Waals surface area contributed by atoms with Crippen molar-refractivity contribution in [1.82, 2.24) is 20.1 Å². The first-order valence-electron chi connectivity index (χ1n) is 9.09. The summed E-state index contributed by atoms with van der Waals surface area (Å²) in [7, 11) is 0. The normalized spacial score (nSPS) is 23.3. The van der Waals surface area contributed by atoms with E-state index < -0.39 is 0 Å². The number of aromatic nitrogens is 3. The lowest BCUT2D eigenvalue weighted by Crippen LogP contribution is -2.39. The van der Waals surface area contributed by atoms with Crippen LogP contribution >= 0.6 is 0 Å². The molecule has 2 aromatic heterocycles. The van der Waals surface area contributed by atoms with Crippen LogP contribution in [0.15, 0.2) is 21.3 Å². The highest BCUT2D eigenvalue weighted by Gasteiger charge is 2.34. The predicted molar refractivity (Wildman–Crippen MR) is 91.7 cm³/mol. The van der Waals surface area contributed by atoms with Crippen LogP contribution in [0.25, 0.3) is 0 Å². The summed E-state index contributed by atoms with van der Waals surface area (Å²) in [5.74, 6) is 0.835. The number of hydrogen-bond donors (Lipinski definition) is 1. The molecule has 0 saturated carbocycles. The van der Waals surface area contributed by atoms with Gasteiger partial charge >= 0.3 is 0 Å². The molecule has 1 N–H and O–H groups in total. The number of aryl methyl sites for hydroxylation is 1. The lowest BCUT2D eigenvalue weighted by atomic mass is 10.0. The van der Waals surface area contributed by atoms with E-state index in [2.05, 4.69) is 15.2 Å². The third kappa shape index (κ3) is 3.16. The number of piperidine rings is 1. The molecule has 4 rings (SSSR count). The molecule has 0 spiro atoms. The van der Waals surface area contributed by atoms with Gasteiger partial charge in [0.25, 0.3) is 5.91 Å². The number of carbonyl (C=O) groups is 1. The smallest absolute Gasteiger partial charge is 0.256 e. The number of rotatable bonds is 3. The molecule has 2 atom stereocenters. The van der Waals surface area contributed by atoms with Crippen molar-refractivity contribution in [2.75, 3.05) is 13.2 Å². The van der Waals surface area contributed by atoms with Gasteiger partial charge in [0.05, 0.1) is 5.56 Å². The summed E-state index contributed by atoms with van der Waals surface area (Å²) in [5, 5.41) is 8.34. The van der Waals surface area contributed by atoms with E-state index in [0.717, 1.165) is 32.1 Å². The highest BCUT2D eigenvalue weighted by Crippen LogP contribution is 2.34. The summed E-state index contributed by atoms with van der Waals surface area (Å²) in [4.78, 5) is 29.0. The molecule has 0 unspecified atom stereocenters. The molecular weight excluding hydrogens is 336 g/mol. The number of H-pyrrole nitrogens is 1. The minimum Gasteiger partial charge on any atom is -0.420 e. The number of carbonyl (C=O) groups excluding carboxylic acids is 1. The van der Waals surface area contributed by atoms with E-state index in [0.29, 0.717) is 36.2 Å². The maximum absolute atomic E-state index is 13.1. The Labute approximate surface area is 150 Å². The highest BCUT2D eigenvalue weighted by molar-refractivity contribution is 5.95. The van der Waals surface area contributed by atoms with Gasteiger partial charge in [-0.15, -0.1) is 10.2 Å². The Morgan fingerprint density at radius 3 is 2.81 bits per heavy atom. The highest BCUT2D eigenvalue weighted by atomic mass is 16.5. The van der Waals surface area contributed by atoms with Crippen molar-refractivity contribution >= 4 is 5.91 Å². The first kappa shape index (κ1) is 17.0. The molecular formula is C18H22N4O4. The zero-order chi connectivity index (χ0) is 18.1. The van der Waals surface area contributed by atoms with Gasteiger partial charge < -0.3 is 19.0 Å². The maximum Gasteiger partial charge on any atom is 0.256 e. The molecule has 0 aromatic carbocycles. The number of pyridine rings is 1. The van der Waals surface area contributed by atoms with Crippen LogP contribution in [0, 0.1) is 6.92 Å². The Hall–Kier alpha value is -2.48. The number of hydrogen-bond acceptors (Lipinski definition) is 6. The summed E-state index contributed by atoms with van der Waals surface area (Å²) >= 11 is 0. The van der Waals surface area contributed by atoms with Gasteiger partial charge in [-0.1, -0.05) is 0 Å². The fourth-order valence-electron chi connectivity index (χ4n) is 3.68. The fraction of sp³-hybridized carbons (Fsp3) is 0.556. The third-order valence-corrected chi connectivity index (χ3v) is 5.06. The summed E-state index contributed by atoms with van der Waals surface area (Å²) in [5.41, 5.74) is 0.847. The van der Waals surface area contributed by atoms with Gasteiger partial charge in [0.15, 0.2) is 0 Å². The Bertz CT molecular complexity index is 853. The fourth-order valence-corrected chi connectivity index (χ4v) is 3.68. The minimum atomic E-state index is -0.245. The zero-order valence-electron chi connectivity index (χ0n) is 14.7. The van der Waals surface area contributed by atoms with Crippen LogP contribution in [-0.2, 0) is 4.74 Å². The zero-order valence-corrected chi connectivity index (χ0v) is 14.7. The number of aromatic amines is 1. The standard InChI is InChI=1S/C18H22N4O4/c1-11-12(7-8-15(23)19-11)18(24)22-9-3-2-5-13(22)16-20-21-17(26-16)14-6-4-10-25-14/h7-8,13-14H,2-6,9-10H2,1H3,(H,19,23)/t13-,14-/m1/s1. The van der Waals surface area contributed by atoms with Crippen LogP contribution in [0.4, 0.5) is 0 Å². The van der Waals surface area contributed by atoms with Crippen molar-refractivity contribution in [2.45, 2.75) is 51.2 Å². The van der Waals surface area contributed by atoms with Crippen molar-refractivity contribution < 1.29 is 13.9 Å². The molecule has 2 aromatic rings. The molecule has 0 aliphatic carbocycles. The molecule has 0 bridgehead atoms. The average Bonchev–Trinajstić information content (AvgIpc) is 3.33. The van der Waals surface area contributed by atoms with Gasteiger partial charge in [-0.2, -0.15) is 0 Å². The second-order valence-corrected chi connectivity index (χ2v) is 6.85.